The van der Waals surface area contributed by atoms with Crippen molar-refractivity contribution < 1.29 is 18.8 Å². The van der Waals surface area contributed by atoms with Crippen LogP contribution >= 0.6 is 0 Å². The number of nitrogens with one attached hydrogen (secondary N) is 1. The van der Waals surface area contributed by atoms with Gasteiger partial charge in [-0.2, -0.15) is 4.98 Å². The first-order valence-corrected chi connectivity index (χ1v) is 11.5. The van der Waals surface area contributed by atoms with Crippen LogP contribution in [0.15, 0.2) is 76.0 Å². The molecule has 182 valence electrons. The zero-order chi connectivity index (χ0) is 25.1. The molecule has 0 amide bonds. The van der Waals surface area contributed by atoms with Crippen LogP contribution in [0.2, 0.25) is 0 Å². The van der Waals surface area contributed by atoms with E-state index >= 15 is 0 Å². The molecular formula is C27H24N4O5. The second-order valence-electron chi connectivity index (χ2n) is 8.18. The van der Waals surface area contributed by atoms with Gasteiger partial charge in [0.15, 0.2) is 5.82 Å². The maximum atomic E-state index is 12.5. The first-order valence-electron chi connectivity index (χ1n) is 11.5. The van der Waals surface area contributed by atoms with E-state index in [9.17, 15) is 9.59 Å². The van der Waals surface area contributed by atoms with E-state index < -0.39 is 11.7 Å². The van der Waals surface area contributed by atoms with Crippen molar-refractivity contribution >= 4 is 17.0 Å². The molecule has 5 aromatic rings. The van der Waals surface area contributed by atoms with E-state index in [-0.39, 0.29) is 0 Å². The number of H-pyrrole nitrogens is 1. The lowest BCUT2D eigenvalue weighted by Gasteiger charge is -2.12. The molecule has 0 bridgehead atoms. The molecule has 0 saturated heterocycles. The van der Waals surface area contributed by atoms with Crippen molar-refractivity contribution in [1.29, 1.82) is 0 Å². The Morgan fingerprint density at radius 3 is 2.50 bits per heavy atom. The van der Waals surface area contributed by atoms with Gasteiger partial charge in [0.05, 0.1) is 36.9 Å². The Balaban J connectivity index is 1.52. The second kappa shape index (κ2) is 9.91. The number of imidazole rings is 1. The van der Waals surface area contributed by atoms with E-state index in [1.54, 1.807) is 12.1 Å². The van der Waals surface area contributed by atoms with Gasteiger partial charge < -0.3 is 9.47 Å². The third-order valence-corrected chi connectivity index (χ3v) is 5.80. The smallest absolute Gasteiger partial charge is 0.439 e. The summed E-state index contributed by atoms with van der Waals surface area (Å²) < 4.78 is 17.5. The van der Waals surface area contributed by atoms with Gasteiger partial charge in [0, 0.05) is 5.56 Å². The SMILES string of the molecule is CCCOc1nc2cccc(C(=O)OC)c2n1Cc1ccc(-c2ccccc2-c2noc(=O)[nH]2)cc1. The summed E-state index contributed by atoms with van der Waals surface area (Å²) in [5.74, 6) is -0.658. The van der Waals surface area contributed by atoms with Crippen molar-refractivity contribution in [3.05, 3.63) is 88.4 Å². The summed E-state index contributed by atoms with van der Waals surface area (Å²) in [5.41, 5.74) is 5.37. The van der Waals surface area contributed by atoms with Crippen LogP contribution in [0, 0.1) is 0 Å². The number of carbonyl (C=O) groups excluding carboxylic acids is 1. The highest BCUT2D eigenvalue weighted by molar-refractivity contribution is 6.02. The molecule has 0 aliphatic rings. The van der Waals surface area contributed by atoms with Gasteiger partial charge in [0.25, 0.3) is 6.01 Å². The van der Waals surface area contributed by atoms with E-state index in [1.807, 2.05) is 66.1 Å². The average molecular weight is 485 g/mol. The molecule has 0 saturated carbocycles. The van der Waals surface area contributed by atoms with E-state index in [0.717, 1.165) is 28.7 Å². The molecule has 0 fully saturated rings. The van der Waals surface area contributed by atoms with Crippen LogP contribution in [-0.2, 0) is 11.3 Å². The van der Waals surface area contributed by atoms with Crippen molar-refractivity contribution in [3.8, 4) is 28.5 Å². The fourth-order valence-corrected chi connectivity index (χ4v) is 4.15. The van der Waals surface area contributed by atoms with Gasteiger partial charge in [0.1, 0.15) is 0 Å². The Bertz CT molecular complexity index is 1580. The predicted molar refractivity (Wildman–Crippen MR) is 134 cm³/mol. The number of ether oxygens (including phenoxy) is 2. The van der Waals surface area contributed by atoms with E-state index in [1.165, 1.54) is 7.11 Å². The minimum atomic E-state index is -0.602. The molecular weight excluding hydrogens is 460 g/mol. The molecule has 2 aromatic heterocycles. The number of fused-ring (bicyclic) bond motifs is 1. The van der Waals surface area contributed by atoms with Gasteiger partial charge in [-0.3, -0.25) is 14.1 Å². The number of methoxy groups -OCH3 is 1. The number of aromatic amines is 1. The zero-order valence-electron chi connectivity index (χ0n) is 19.9. The molecule has 9 heteroatoms. The van der Waals surface area contributed by atoms with Gasteiger partial charge in [-0.1, -0.05) is 66.7 Å². The molecule has 0 atom stereocenters. The molecule has 0 spiro atoms. The third-order valence-electron chi connectivity index (χ3n) is 5.80. The summed E-state index contributed by atoms with van der Waals surface area (Å²) in [6.07, 6.45) is 0.831. The van der Waals surface area contributed by atoms with Gasteiger partial charge in [0.2, 0.25) is 0 Å². The van der Waals surface area contributed by atoms with Gasteiger partial charge >= 0.3 is 11.7 Å². The van der Waals surface area contributed by atoms with Crippen molar-refractivity contribution in [2.24, 2.45) is 0 Å². The molecule has 2 heterocycles. The first kappa shape index (κ1) is 23.1. The van der Waals surface area contributed by atoms with E-state index in [4.69, 9.17) is 9.47 Å². The number of rotatable bonds is 8. The number of benzene rings is 3. The minimum absolute atomic E-state index is 0.373. The Morgan fingerprint density at radius 1 is 1.03 bits per heavy atom. The molecule has 5 rings (SSSR count). The van der Waals surface area contributed by atoms with Crippen LogP contribution in [0.4, 0.5) is 0 Å². The van der Waals surface area contributed by atoms with Crippen LogP contribution in [-0.4, -0.2) is 39.4 Å². The molecule has 36 heavy (non-hydrogen) atoms. The average Bonchev–Trinajstić information content (AvgIpc) is 3.50. The van der Waals surface area contributed by atoms with E-state index in [0.29, 0.717) is 41.6 Å². The van der Waals surface area contributed by atoms with Gasteiger partial charge in [-0.15, -0.1) is 0 Å². The fraction of sp³-hybridized carbons (Fsp3) is 0.185. The van der Waals surface area contributed by atoms with E-state index in [2.05, 4.69) is 19.6 Å². The summed E-state index contributed by atoms with van der Waals surface area (Å²) in [6, 6.07) is 21.5. The summed E-state index contributed by atoms with van der Waals surface area (Å²) >= 11 is 0. The maximum Gasteiger partial charge on any atom is 0.439 e. The summed E-state index contributed by atoms with van der Waals surface area (Å²) in [6.45, 7) is 2.98. The highest BCUT2D eigenvalue weighted by Crippen LogP contribution is 2.31. The molecule has 1 N–H and O–H groups in total. The number of aromatic nitrogens is 4. The normalized spacial score (nSPS) is 11.1. The summed E-state index contributed by atoms with van der Waals surface area (Å²) in [4.78, 5) is 31.1. The molecule has 9 nitrogen and oxygen atoms in total. The lowest BCUT2D eigenvalue weighted by atomic mass is 9.98. The standard InChI is InChI=1S/C27H24N4O5/c1-3-15-35-26-28-22-10-6-9-21(25(32)34-2)23(22)31(26)16-17-11-13-18(14-12-17)19-7-4-5-8-20(19)24-29-27(33)36-30-24/h4-14H,3,15-16H2,1-2H3,(H,29,30,33). The highest BCUT2D eigenvalue weighted by atomic mass is 16.5. The Labute approximate surface area is 206 Å². The van der Waals surface area contributed by atoms with Crippen molar-refractivity contribution in [3.63, 3.8) is 0 Å². The molecule has 0 aliphatic heterocycles. The number of para-hydroxylation sites is 1. The van der Waals surface area contributed by atoms with Crippen LogP contribution in [0.25, 0.3) is 33.5 Å². The predicted octanol–water partition coefficient (Wildman–Crippen LogP) is 4.67. The van der Waals surface area contributed by atoms with Crippen LogP contribution in [0.3, 0.4) is 0 Å². The van der Waals surface area contributed by atoms with Crippen molar-refractivity contribution in [1.82, 2.24) is 19.7 Å². The lowest BCUT2D eigenvalue weighted by molar-refractivity contribution is 0.0602. The Kier molecular flexibility index (Phi) is 6.36. The number of hydrogen-bond acceptors (Lipinski definition) is 7. The molecule has 0 unspecified atom stereocenters. The Hall–Kier alpha value is -4.66. The monoisotopic (exact) mass is 484 g/mol. The fourth-order valence-electron chi connectivity index (χ4n) is 4.15. The van der Waals surface area contributed by atoms with Crippen molar-refractivity contribution in [2.75, 3.05) is 13.7 Å². The largest absolute Gasteiger partial charge is 0.465 e. The maximum absolute atomic E-state index is 12.5. The van der Waals surface area contributed by atoms with Crippen LogP contribution in [0.1, 0.15) is 29.3 Å². The minimum Gasteiger partial charge on any atom is -0.465 e. The third kappa shape index (κ3) is 4.38. The quantitative estimate of drug-likeness (QED) is 0.319. The number of nitrogens with zero attached hydrogens (tertiary/aromatic N) is 3. The molecule has 3 aromatic carbocycles. The number of esters is 1. The molecule has 0 aliphatic carbocycles. The van der Waals surface area contributed by atoms with Crippen molar-refractivity contribution in [2.45, 2.75) is 19.9 Å². The van der Waals surface area contributed by atoms with Crippen LogP contribution in [0.5, 0.6) is 6.01 Å². The van der Waals surface area contributed by atoms with Crippen LogP contribution < -0.4 is 10.5 Å². The second-order valence-corrected chi connectivity index (χ2v) is 8.18. The molecule has 0 radical (unpaired) electrons. The lowest BCUT2D eigenvalue weighted by Crippen LogP contribution is -2.09. The zero-order valence-corrected chi connectivity index (χ0v) is 19.9. The Morgan fingerprint density at radius 2 is 1.81 bits per heavy atom. The van der Waals surface area contributed by atoms with Gasteiger partial charge in [-0.05, 0) is 35.2 Å². The highest BCUT2D eigenvalue weighted by Gasteiger charge is 2.20. The number of carbonyl (C=O) groups is 1. The topological polar surface area (TPSA) is 112 Å². The van der Waals surface area contributed by atoms with Gasteiger partial charge in [-0.25, -0.2) is 9.59 Å². The first-order chi connectivity index (χ1) is 17.6. The summed E-state index contributed by atoms with van der Waals surface area (Å²) in [7, 11) is 1.36. The number of hydrogen-bond donors (Lipinski definition) is 1. The summed E-state index contributed by atoms with van der Waals surface area (Å²) in [5, 5.41) is 3.83.